The van der Waals surface area contributed by atoms with E-state index in [1.165, 1.54) is 9.36 Å². The number of benzene rings is 2. The summed E-state index contributed by atoms with van der Waals surface area (Å²) in [5.41, 5.74) is 0.682. The zero-order valence-electron chi connectivity index (χ0n) is 15.0. The normalized spacial score (nSPS) is 19.9. The molecule has 7 heteroatoms. The quantitative estimate of drug-likeness (QED) is 0.650. The van der Waals surface area contributed by atoms with E-state index >= 15 is 0 Å². The lowest BCUT2D eigenvalue weighted by molar-refractivity contribution is -0.143. The Hall–Kier alpha value is -3.61. The van der Waals surface area contributed by atoms with Gasteiger partial charge in [-0.15, -0.1) is 0 Å². The fourth-order valence-corrected chi connectivity index (χ4v) is 3.99. The number of hydrogen-bond donors (Lipinski definition) is 0. The van der Waals surface area contributed by atoms with Gasteiger partial charge >= 0.3 is 11.4 Å². The molecule has 4 heterocycles. The van der Waals surface area contributed by atoms with Gasteiger partial charge in [0.15, 0.2) is 6.04 Å². The minimum absolute atomic E-state index is 0.157. The molecule has 0 unspecified atom stereocenters. The third-order valence-electron chi connectivity index (χ3n) is 5.34. The Morgan fingerprint density at radius 2 is 1.39 bits per heavy atom. The van der Waals surface area contributed by atoms with Gasteiger partial charge in [-0.3, -0.25) is 4.79 Å². The zero-order chi connectivity index (χ0) is 19.3. The summed E-state index contributed by atoms with van der Waals surface area (Å²) in [5, 5.41) is 0. The first-order valence-electron chi connectivity index (χ1n) is 9.21. The van der Waals surface area contributed by atoms with Gasteiger partial charge in [0, 0.05) is 6.54 Å². The van der Waals surface area contributed by atoms with E-state index in [2.05, 4.69) is 0 Å². The summed E-state index contributed by atoms with van der Waals surface area (Å²) in [5.74, 6) is -0.157. The molecule has 140 valence electrons. The molecule has 7 nitrogen and oxygen atoms in total. The molecule has 3 aromatic rings. The summed E-state index contributed by atoms with van der Waals surface area (Å²) in [7, 11) is 0. The van der Waals surface area contributed by atoms with Gasteiger partial charge in [-0.25, -0.2) is 23.5 Å². The van der Waals surface area contributed by atoms with Crippen molar-refractivity contribution in [1.82, 2.24) is 18.8 Å². The van der Waals surface area contributed by atoms with Crippen LogP contribution in [0.2, 0.25) is 0 Å². The average Bonchev–Trinajstić information content (AvgIpc) is 3.01. The molecule has 0 fully saturated rings. The van der Waals surface area contributed by atoms with Crippen molar-refractivity contribution in [2.75, 3.05) is 6.54 Å². The number of hydrogen-bond acceptors (Lipinski definition) is 3. The maximum atomic E-state index is 13.1. The first kappa shape index (κ1) is 16.6. The van der Waals surface area contributed by atoms with Gasteiger partial charge < -0.3 is 4.90 Å². The van der Waals surface area contributed by atoms with E-state index in [1.807, 2.05) is 42.5 Å². The summed E-state index contributed by atoms with van der Waals surface area (Å²) >= 11 is 0. The topological polar surface area (TPSA) is 69.2 Å². The van der Waals surface area contributed by atoms with Gasteiger partial charge in [-0.05, 0) is 30.2 Å². The molecule has 0 saturated heterocycles. The molecule has 0 saturated carbocycles. The van der Waals surface area contributed by atoms with Crippen molar-refractivity contribution in [3.63, 3.8) is 0 Å². The third kappa shape index (κ3) is 2.32. The molecule has 3 aliphatic rings. The molecule has 2 bridgehead atoms. The summed E-state index contributed by atoms with van der Waals surface area (Å²) in [6, 6.07) is 17.9. The van der Waals surface area contributed by atoms with Gasteiger partial charge in [0.1, 0.15) is 6.17 Å². The lowest BCUT2D eigenvalue weighted by Crippen LogP contribution is -2.55. The molecule has 0 spiro atoms. The summed E-state index contributed by atoms with van der Waals surface area (Å²) in [6.45, 7) is 0.478. The Kier molecular flexibility index (Phi) is 3.68. The highest BCUT2D eigenvalue weighted by atomic mass is 16.2. The molecule has 3 aliphatic heterocycles. The Morgan fingerprint density at radius 1 is 0.750 bits per heavy atom. The summed E-state index contributed by atoms with van der Waals surface area (Å²) in [6.07, 6.45) is 3.63. The zero-order valence-corrected chi connectivity index (χ0v) is 15.0. The highest BCUT2D eigenvalue weighted by Gasteiger charge is 2.43. The minimum Gasteiger partial charge on any atom is -0.314 e. The predicted molar refractivity (Wildman–Crippen MR) is 103 cm³/mol. The monoisotopic (exact) mass is 374 g/mol. The Balaban J connectivity index is 1.56. The molecule has 2 atom stereocenters. The number of amides is 1. The second-order valence-corrected chi connectivity index (χ2v) is 6.94. The van der Waals surface area contributed by atoms with Crippen LogP contribution in [0.5, 0.6) is 0 Å². The summed E-state index contributed by atoms with van der Waals surface area (Å²) in [4.78, 5) is 40.7. The Morgan fingerprint density at radius 3 is 2.11 bits per heavy atom. The predicted octanol–water partition coefficient (Wildman–Crippen LogP) is 1.50. The molecule has 0 N–H and O–H groups in total. The van der Waals surface area contributed by atoms with Gasteiger partial charge in [0.05, 0.1) is 5.69 Å². The number of para-hydroxylation sites is 1. The number of carbonyl (C=O) groups excluding carboxylic acids is 1. The van der Waals surface area contributed by atoms with E-state index in [9.17, 15) is 14.4 Å². The van der Waals surface area contributed by atoms with Gasteiger partial charge in [0.25, 0.3) is 5.91 Å². The highest BCUT2D eigenvalue weighted by Crippen LogP contribution is 2.31. The number of aromatic nitrogens is 3. The minimum atomic E-state index is -0.786. The fourth-order valence-electron chi connectivity index (χ4n) is 3.99. The van der Waals surface area contributed by atoms with Crippen LogP contribution in [0.4, 0.5) is 0 Å². The van der Waals surface area contributed by atoms with E-state index in [1.54, 1.807) is 35.2 Å². The first-order chi connectivity index (χ1) is 13.7. The van der Waals surface area contributed by atoms with Crippen LogP contribution in [0.15, 0.2) is 82.4 Å². The molecule has 1 amide bonds. The average molecular weight is 374 g/mol. The molecule has 6 rings (SSSR count). The Bertz CT molecular complexity index is 1190. The number of rotatable bonds is 4. The van der Waals surface area contributed by atoms with Crippen LogP contribution in [0.25, 0.3) is 5.69 Å². The summed E-state index contributed by atoms with van der Waals surface area (Å²) < 4.78 is 3.80. The van der Waals surface area contributed by atoms with Crippen LogP contribution in [0, 0.1) is 0 Å². The molecule has 28 heavy (non-hydrogen) atoms. The van der Waals surface area contributed by atoms with Crippen molar-refractivity contribution in [2.45, 2.75) is 18.6 Å². The third-order valence-corrected chi connectivity index (χ3v) is 5.34. The lowest BCUT2D eigenvalue weighted by atomic mass is 10.1. The number of carbonyl (C=O) groups is 1. The van der Waals surface area contributed by atoms with E-state index < -0.39 is 23.6 Å². The van der Waals surface area contributed by atoms with Crippen LogP contribution in [0.1, 0.15) is 17.8 Å². The maximum absolute atomic E-state index is 13.1. The molecular weight excluding hydrogens is 356 g/mol. The van der Waals surface area contributed by atoms with E-state index in [0.29, 0.717) is 18.7 Å². The van der Waals surface area contributed by atoms with Crippen LogP contribution in [0.3, 0.4) is 0 Å². The van der Waals surface area contributed by atoms with Crippen molar-refractivity contribution in [3.8, 4) is 5.69 Å². The van der Waals surface area contributed by atoms with Crippen molar-refractivity contribution in [3.05, 3.63) is 99.3 Å². The van der Waals surface area contributed by atoms with Crippen LogP contribution in [-0.4, -0.2) is 31.3 Å². The first-order valence-corrected chi connectivity index (χ1v) is 9.21. The molecule has 1 aromatic heterocycles. The Labute approximate surface area is 160 Å². The maximum Gasteiger partial charge on any atom is 0.354 e. The van der Waals surface area contributed by atoms with Crippen LogP contribution < -0.4 is 11.4 Å². The molecule has 0 aliphatic carbocycles. The fraction of sp³-hybridized carbons (Fsp3) is 0.190. The van der Waals surface area contributed by atoms with Crippen molar-refractivity contribution in [1.29, 1.82) is 0 Å². The van der Waals surface area contributed by atoms with Crippen molar-refractivity contribution >= 4 is 5.91 Å². The number of fused-ring (bicyclic) bond motifs is 1. The highest BCUT2D eigenvalue weighted by molar-refractivity contribution is 5.84. The smallest absolute Gasteiger partial charge is 0.314 e. The second kappa shape index (κ2) is 6.23. The molecular formula is C21H18N4O3. The molecule has 0 radical (unpaired) electrons. The van der Waals surface area contributed by atoms with Crippen molar-refractivity contribution in [2.24, 2.45) is 0 Å². The van der Waals surface area contributed by atoms with E-state index in [-0.39, 0.29) is 5.91 Å². The lowest BCUT2D eigenvalue weighted by Gasteiger charge is -2.41. The van der Waals surface area contributed by atoms with E-state index in [4.69, 9.17) is 0 Å². The number of nitrogens with zero attached hydrogens (tertiary/aromatic N) is 4. The van der Waals surface area contributed by atoms with Crippen molar-refractivity contribution < 1.29 is 4.79 Å². The van der Waals surface area contributed by atoms with Gasteiger partial charge in [0.2, 0.25) is 0 Å². The standard InChI is InChI=1S/C21H18N4O3/c26-19-17-11-12-18(22(19)14-13-15-7-3-1-4-8-15)25-21(28)23(20(27)24(17)25)16-9-5-2-6-10-16/h1-12,17-18H,13-14H2/t17-,18-/m0/s1. The second-order valence-electron chi connectivity index (χ2n) is 6.94. The van der Waals surface area contributed by atoms with Crippen LogP contribution in [-0.2, 0) is 11.2 Å². The van der Waals surface area contributed by atoms with Gasteiger partial charge in [-0.2, -0.15) is 0 Å². The van der Waals surface area contributed by atoms with Crippen LogP contribution >= 0.6 is 0 Å². The largest absolute Gasteiger partial charge is 0.354 e. The SMILES string of the molecule is O=C1[C@@H]2C=C[C@@H](N1CCc1ccccc1)n1c(=O)n(-c3ccccc3)c(=O)n12. The van der Waals surface area contributed by atoms with Gasteiger partial charge in [-0.1, -0.05) is 54.6 Å². The molecule has 2 aromatic carbocycles. The van der Waals surface area contributed by atoms with E-state index in [0.717, 1.165) is 10.1 Å².